The quantitative estimate of drug-likeness (QED) is 0.297. The lowest BCUT2D eigenvalue weighted by atomic mass is 9.95. The number of benzene rings is 2. The number of carbonyl (C=O) groups excluding carboxylic acids is 2. The first-order valence-corrected chi connectivity index (χ1v) is 11.7. The summed E-state index contributed by atoms with van der Waals surface area (Å²) in [6.07, 6.45) is 0.652. The Balaban J connectivity index is 2.14. The third-order valence-corrected chi connectivity index (χ3v) is 6.07. The summed E-state index contributed by atoms with van der Waals surface area (Å²) in [6.45, 7) is 3.34. The van der Waals surface area contributed by atoms with Crippen molar-refractivity contribution in [3.8, 4) is 17.2 Å². The minimum Gasteiger partial charge on any atom is -0.507 e. The van der Waals surface area contributed by atoms with Crippen LogP contribution in [0, 0.1) is 0 Å². The normalized spacial score (nSPS) is 17.2. The number of Topliss-reactive ketones (excluding diaryl/α,β-unsaturated/α-hetero) is 1. The van der Waals surface area contributed by atoms with Crippen LogP contribution in [0.15, 0.2) is 42.0 Å². The van der Waals surface area contributed by atoms with Crippen LogP contribution in [0.25, 0.3) is 5.76 Å². The zero-order valence-electron chi connectivity index (χ0n) is 20.6. The SMILES string of the molecule is CCOc1ccc(/C(O)=C2\C(=O)C(=O)N(CCCN(C)C)[C@H]2c2ccc(OC)c(OC)c2)cc1Cl. The smallest absolute Gasteiger partial charge is 0.295 e. The Bertz CT molecular complexity index is 1130. The van der Waals surface area contributed by atoms with Crippen molar-refractivity contribution in [1.82, 2.24) is 9.80 Å². The van der Waals surface area contributed by atoms with E-state index in [-0.39, 0.29) is 11.3 Å². The Morgan fingerprint density at radius 2 is 1.74 bits per heavy atom. The molecule has 3 rings (SSSR count). The van der Waals surface area contributed by atoms with E-state index < -0.39 is 17.7 Å². The zero-order chi connectivity index (χ0) is 25.7. The number of aliphatic hydroxyl groups excluding tert-OH is 1. The molecule has 1 amide bonds. The number of aliphatic hydroxyl groups is 1. The molecule has 35 heavy (non-hydrogen) atoms. The molecular weight excluding hydrogens is 472 g/mol. The van der Waals surface area contributed by atoms with E-state index in [1.165, 1.54) is 25.2 Å². The average Bonchev–Trinajstić information content (AvgIpc) is 3.09. The first kappa shape index (κ1) is 26.4. The summed E-state index contributed by atoms with van der Waals surface area (Å²) in [5, 5.41) is 11.6. The molecule has 0 bridgehead atoms. The van der Waals surface area contributed by atoms with Gasteiger partial charge in [0.1, 0.15) is 11.5 Å². The van der Waals surface area contributed by atoms with Crippen molar-refractivity contribution in [2.45, 2.75) is 19.4 Å². The van der Waals surface area contributed by atoms with Gasteiger partial charge in [0.2, 0.25) is 0 Å². The molecule has 188 valence electrons. The molecule has 1 aliphatic rings. The van der Waals surface area contributed by atoms with Gasteiger partial charge in [-0.05, 0) is 69.9 Å². The van der Waals surface area contributed by atoms with Crippen LogP contribution < -0.4 is 14.2 Å². The maximum Gasteiger partial charge on any atom is 0.295 e. The molecule has 2 aromatic carbocycles. The topological polar surface area (TPSA) is 88.5 Å². The maximum absolute atomic E-state index is 13.2. The number of methoxy groups -OCH3 is 2. The highest BCUT2D eigenvalue weighted by Crippen LogP contribution is 2.42. The molecule has 0 aliphatic carbocycles. The highest BCUT2D eigenvalue weighted by atomic mass is 35.5. The van der Waals surface area contributed by atoms with Gasteiger partial charge in [-0.25, -0.2) is 0 Å². The minimum absolute atomic E-state index is 0.00713. The number of carbonyl (C=O) groups is 2. The van der Waals surface area contributed by atoms with Gasteiger partial charge in [-0.2, -0.15) is 0 Å². The van der Waals surface area contributed by atoms with Crippen LogP contribution in [-0.2, 0) is 9.59 Å². The predicted octanol–water partition coefficient (Wildman–Crippen LogP) is 4.13. The number of hydrogen-bond acceptors (Lipinski definition) is 7. The largest absolute Gasteiger partial charge is 0.507 e. The molecular formula is C26H31ClN2O6. The summed E-state index contributed by atoms with van der Waals surface area (Å²) in [6, 6.07) is 9.13. The molecule has 9 heteroatoms. The number of amides is 1. The number of nitrogens with zero attached hydrogens (tertiary/aromatic N) is 2. The summed E-state index contributed by atoms with van der Waals surface area (Å²) in [7, 11) is 6.92. The van der Waals surface area contributed by atoms with Crippen LogP contribution in [0.3, 0.4) is 0 Å². The van der Waals surface area contributed by atoms with Crippen molar-refractivity contribution in [2.24, 2.45) is 0 Å². The van der Waals surface area contributed by atoms with Gasteiger partial charge in [0.25, 0.3) is 11.7 Å². The summed E-state index contributed by atoms with van der Waals surface area (Å²) in [5.41, 5.74) is 0.924. The molecule has 0 unspecified atom stereocenters. The summed E-state index contributed by atoms with van der Waals surface area (Å²) in [4.78, 5) is 29.8. The summed E-state index contributed by atoms with van der Waals surface area (Å²) < 4.78 is 16.2. The molecule has 1 atom stereocenters. The van der Waals surface area contributed by atoms with Crippen molar-refractivity contribution in [2.75, 3.05) is 48.0 Å². The summed E-state index contributed by atoms with van der Waals surface area (Å²) in [5.74, 6) is -0.291. The highest BCUT2D eigenvalue weighted by molar-refractivity contribution is 6.46. The highest BCUT2D eigenvalue weighted by Gasteiger charge is 2.46. The molecule has 0 saturated carbocycles. The Hall–Kier alpha value is -3.23. The van der Waals surface area contributed by atoms with Gasteiger partial charge in [0, 0.05) is 12.1 Å². The van der Waals surface area contributed by atoms with Gasteiger partial charge >= 0.3 is 0 Å². The number of hydrogen-bond donors (Lipinski definition) is 1. The lowest BCUT2D eigenvalue weighted by Gasteiger charge is -2.26. The number of ether oxygens (including phenoxy) is 3. The van der Waals surface area contributed by atoms with Crippen LogP contribution in [0.1, 0.15) is 30.5 Å². The van der Waals surface area contributed by atoms with Crippen molar-refractivity contribution in [1.29, 1.82) is 0 Å². The molecule has 1 heterocycles. The van der Waals surface area contributed by atoms with E-state index in [0.717, 1.165) is 6.54 Å². The number of rotatable bonds is 10. The Kier molecular flexibility index (Phi) is 8.64. The van der Waals surface area contributed by atoms with Crippen molar-refractivity contribution in [3.63, 3.8) is 0 Å². The van der Waals surface area contributed by atoms with Gasteiger partial charge in [0.15, 0.2) is 11.5 Å². The van der Waals surface area contributed by atoms with Crippen LogP contribution in [-0.4, -0.2) is 74.6 Å². The fourth-order valence-corrected chi connectivity index (χ4v) is 4.35. The second-order valence-corrected chi connectivity index (χ2v) is 8.75. The van der Waals surface area contributed by atoms with E-state index in [1.807, 2.05) is 25.9 Å². The van der Waals surface area contributed by atoms with Gasteiger partial charge in [-0.1, -0.05) is 17.7 Å². The van der Waals surface area contributed by atoms with Crippen LogP contribution >= 0.6 is 11.6 Å². The first-order valence-electron chi connectivity index (χ1n) is 11.3. The van der Waals surface area contributed by atoms with Gasteiger partial charge in [-0.3, -0.25) is 9.59 Å². The Labute approximate surface area is 210 Å². The van der Waals surface area contributed by atoms with Gasteiger partial charge < -0.3 is 29.1 Å². The number of likely N-dealkylation sites (tertiary alicyclic amines) is 1. The Morgan fingerprint density at radius 3 is 2.34 bits per heavy atom. The van der Waals surface area contributed by atoms with Crippen LogP contribution in [0.5, 0.6) is 17.2 Å². The number of halogens is 1. The Morgan fingerprint density at radius 1 is 1.06 bits per heavy atom. The average molecular weight is 503 g/mol. The molecule has 0 spiro atoms. The lowest BCUT2D eigenvalue weighted by molar-refractivity contribution is -0.139. The molecule has 1 aliphatic heterocycles. The number of ketones is 1. The van der Waals surface area contributed by atoms with Crippen molar-refractivity contribution < 1.29 is 28.9 Å². The first-order chi connectivity index (χ1) is 16.7. The molecule has 2 aromatic rings. The van der Waals surface area contributed by atoms with Gasteiger partial charge in [0.05, 0.1) is 37.5 Å². The predicted molar refractivity (Wildman–Crippen MR) is 134 cm³/mol. The van der Waals surface area contributed by atoms with E-state index in [4.69, 9.17) is 25.8 Å². The molecule has 1 fully saturated rings. The minimum atomic E-state index is -0.803. The van der Waals surface area contributed by atoms with E-state index >= 15 is 0 Å². The van der Waals surface area contributed by atoms with Crippen molar-refractivity contribution >= 4 is 29.1 Å². The van der Waals surface area contributed by atoms with Crippen LogP contribution in [0.4, 0.5) is 0 Å². The molecule has 8 nitrogen and oxygen atoms in total. The fraction of sp³-hybridized carbons (Fsp3) is 0.385. The monoisotopic (exact) mass is 502 g/mol. The molecule has 0 aromatic heterocycles. The van der Waals surface area contributed by atoms with Crippen molar-refractivity contribution in [3.05, 3.63) is 58.1 Å². The molecule has 1 N–H and O–H groups in total. The third-order valence-electron chi connectivity index (χ3n) is 5.77. The second kappa shape index (κ2) is 11.5. The van der Waals surface area contributed by atoms with Crippen LogP contribution in [0.2, 0.25) is 5.02 Å². The van der Waals surface area contributed by atoms with Gasteiger partial charge in [-0.15, -0.1) is 0 Å². The fourth-order valence-electron chi connectivity index (χ4n) is 4.11. The molecule has 1 saturated heterocycles. The standard InChI is InChI=1S/C26H31ClN2O6/c1-6-35-19-10-9-17(14-18(19)27)24(30)22-23(16-8-11-20(33-4)21(15-16)34-5)29(26(32)25(22)31)13-7-12-28(2)3/h8-11,14-15,23,30H,6-7,12-13H2,1-5H3/b24-22+/t23-/m0/s1. The molecule has 0 radical (unpaired) electrons. The van der Waals surface area contributed by atoms with E-state index in [2.05, 4.69) is 0 Å². The second-order valence-electron chi connectivity index (χ2n) is 8.34. The zero-order valence-corrected chi connectivity index (χ0v) is 21.4. The lowest BCUT2D eigenvalue weighted by Crippen LogP contribution is -2.32. The van der Waals surface area contributed by atoms with E-state index in [9.17, 15) is 14.7 Å². The van der Waals surface area contributed by atoms with E-state index in [1.54, 1.807) is 30.3 Å². The third kappa shape index (κ3) is 5.55. The summed E-state index contributed by atoms with van der Waals surface area (Å²) >= 11 is 6.32. The maximum atomic E-state index is 13.2. The van der Waals surface area contributed by atoms with E-state index in [0.29, 0.717) is 53.0 Å².